The molecule has 21 heavy (non-hydrogen) atoms. The number of morpholine rings is 1. The molecule has 1 aliphatic heterocycles. The fraction of sp³-hybridized carbons (Fsp3) is 0.471. The van der Waals surface area contributed by atoms with Crippen molar-refractivity contribution in [1.82, 2.24) is 4.90 Å². The maximum atomic E-state index is 12.8. The predicted molar refractivity (Wildman–Crippen MR) is 79.2 cm³/mol. The third kappa shape index (κ3) is 2.23. The zero-order valence-electron chi connectivity index (χ0n) is 12.0. The minimum Gasteiger partial charge on any atom is -0.451 e. The van der Waals surface area contributed by atoms with E-state index >= 15 is 0 Å². The van der Waals surface area contributed by atoms with E-state index in [9.17, 15) is 4.79 Å². The van der Waals surface area contributed by atoms with Crippen molar-refractivity contribution in [2.24, 2.45) is 0 Å². The van der Waals surface area contributed by atoms with Gasteiger partial charge in [0.1, 0.15) is 5.58 Å². The molecule has 2 aliphatic rings. The fourth-order valence-corrected chi connectivity index (χ4v) is 3.58. The lowest BCUT2D eigenvalue weighted by molar-refractivity contribution is -0.0759. The second-order valence-electron chi connectivity index (χ2n) is 5.91. The van der Waals surface area contributed by atoms with E-state index in [1.807, 2.05) is 35.2 Å². The summed E-state index contributed by atoms with van der Waals surface area (Å²) in [4.78, 5) is 14.8. The minimum absolute atomic E-state index is 0.00593. The minimum atomic E-state index is 0.00593. The number of furan rings is 1. The van der Waals surface area contributed by atoms with Crippen LogP contribution in [0.25, 0.3) is 11.0 Å². The number of hydrogen-bond acceptors (Lipinski definition) is 3. The molecular weight excluding hydrogens is 266 g/mol. The normalized spacial score (nSPS) is 25.8. The van der Waals surface area contributed by atoms with E-state index in [1.165, 1.54) is 12.8 Å². The molecule has 4 nitrogen and oxygen atoms in total. The number of hydrogen-bond donors (Lipinski definition) is 0. The lowest BCUT2D eigenvalue weighted by Gasteiger charge is -2.43. The van der Waals surface area contributed by atoms with Gasteiger partial charge in [-0.25, -0.2) is 0 Å². The Balaban J connectivity index is 1.63. The summed E-state index contributed by atoms with van der Waals surface area (Å²) in [6, 6.07) is 9.82. The number of carbonyl (C=O) groups excluding carboxylic acids is 1. The van der Waals surface area contributed by atoms with Crippen molar-refractivity contribution in [3.63, 3.8) is 0 Å². The molecule has 2 fully saturated rings. The van der Waals surface area contributed by atoms with Gasteiger partial charge in [0.2, 0.25) is 0 Å². The first-order valence-corrected chi connectivity index (χ1v) is 7.74. The number of rotatable bonds is 1. The molecule has 1 saturated carbocycles. The van der Waals surface area contributed by atoms with Crippen LogP contribution >= 0.6 is 0 Å². The smallest absolute Gasteiger partial charge is 0.290 e. The molecule has 4 rings (SSSR count). The average molecular weight is 285 g/mol. The highest BCUT2D eigenvalue weighted by atomic mass is 16.5. The number of para-hydroxylation sites is 1. The number of benzene rings is 1. The molecule has 1 saturated heterocycles. The van der Waals surface area contributed by atoms with Crippen LogP contribution in [0.5, 0.6) is 0 Å². The second-order valence-corrected chi connectivity index (χ2v) is 5.91. The van der Waals surface area contributed by atoms with Crippen LogP contribution in [-0.2, 0) is 4.74 Å². The Kier molecular flexibility index (Phi) is 3.19. The summed E-state index contributed by atoms with van der Waals surface area (Å²) < 4.78 is 11.6. The molecule has 110 valence electrons. The van der Waals surface area contributed by atoms with Crippen LogP contribution in [0.2, 0.25) is 0 Å². The highest BCUT2D eigenvalue weighted by Crippen LogP contribution is 2.30. The van der Waals surface area contributed by atoms with Gasteiger partial charge >= 0.3 is 0 Å². The molecule has 1 aromatic carbocycles. The molecular formula is C17H19NO3. The second kappa shape index (κ2) is 5.19. The lowest BCUT2D eigenvalue weighted by atomic mass is 9.90. The van der Waals surface area contributed by atoms with E-state index in [2.05, 4.69) is 0 Å². The van der Waals surface area contributed by atoms with Gasteiger partial charge in [0.05, 0.1) is 18.8 Å². The Bertz CT molecular complexity index is 628. The number of amides is 1. The van der Waals surface area contributed by atoms with Gasteiger partial charge in [-0.3, -0.25) is 4.79 Å². The van der Waals surface area contributed by atoms with E-state index in [0.717, 1.165) is 23.8 Å². The highest BCUT2D eigenvalue weighted by molar-refractivity contribution is 5.96. The summed E-state index contributed by atoms with van der Waals surface area (Å²) in [5.74, 6) is 0.453. The van der Waals surface area contributed by atoms with E-state index in [-0.39, 0.29) is 18.1 Å². The van der Waals surface area contributed by atoms with Crippen LogP contribution in [-0.4, -0.2) is 36.1 Å². The molecule has 1 aliphatic carbocycles. The van der Waals surface area contributed by atoms with Gasteiger partial charge in [-0.15, -0.1) is 0 Å². The molecule has 0 spiro atoms. The summed E-state index contributed by atoms with van der Waals surface area (Å²) in [6.07, 6.45) is 4.69. The van der Waals surface area contributed by atoms with Gasteiger partial charge in [-0.05, 0) is 25.0 Å². The molecule has 0 bridgehead atoms. The van der Waals surface area contributed by atoms with E-state index in [0.29, 0.717) is 18.9 Å². The van der Waals surface area contributed by atoms with Crippen LogP contribution < -0.4 is 0 Å². The predicted octanol–water partition coefficient (Wildman–Crippen LogP) is 3.22. The molecule has 0 unspecified atom stereocenters. The molecule has 2 atom stereocenters. The number of nitrogens with zero attached hydrogens (tertiary/aromatic N) is 1. The van der Waals surface area contributed by atoms with Crippen LogP contribution in [0.3, 0.4) is 0 Å². The Morgan fingerprint density at radius 1 is 1.19 bits per heavy atom. The average Bonchev–Trinajstić information content (AvgIpc) is 2.97. The monoisotopic (exact) mass is 285 g/mol. The van der Waals surface area contributed by atoms with Crippen LogP contribution in [0.1, 0.15) is 36.2 Å². The summed E-state index contributed by atoms with van der Waals surface area (Å²) in [5, 5.41) is 0.981. The van der Waals surface area contributed by atoms with Gasteiger partial charge in [0.15, 0.2) is 5.76 Å². The summed E-state index contributed by atoms with van der Waals surface area (Å²) in [6.45, 7) is 1.30. The Morgan fingerprint density at radius 2 is 2.05 bits per heavy atom. The first-order valence-electron chi connectivity index (χ1n) is 7.74. The van der Waals surface area contributed by atoms with Crippen LogP contribution in [0.4, 0.5) is 0 Å². The molecule has 1 aromatic heterocycles. The van der Waals surface area contributed by atoms with E-state index in [1.54, 1.807) is 0 Å². The third-order valence-corrected chi connectivity index (χ3v) is 4.63. The van der Waals surface area contributed by atoms with E-state index < -0.39 is 0 Å². The van der Waals surface area contributed by atoms with Crippen molar-refractivity contribution >= 4 is 16.9 Å². The number of fused-ring (bicyclic) bond motifs is 2. The quantitative estimate of drug-likeness (QED) is 0.808. The Morgan fingerprint density at radius 3 is 2.95 bits per heavy atom. The topological polar surface area (TPSA) is 42.7 Å². The molecule has 4 heteroatoms. The van der Waals surface area contributed by atoms with Gasteiger partial charge in [-0.2, -0.15) is 0 Å². The Labute approximate surface area is 123 Å². The summed E-state index contributed by atoms with van der Waals surface area (Å²) in [5.41, 5.74) is 0.773. The maximum Gasteiger partial charge on any atom is 0.290 e. The SMILES string of the molecule is O=C(c1cc2ccccc2o1)N1CCO[C@@H]2CCCC[C@H]21. The van der Waals surface area contributed by atoms with Gasteiger partial charge in [-0.1, -0.05) is 31.0 Å². The fourth-order valence-electron chi connectivity index (χ4n) is 3.58. The number of ether oxygens (including phenoxy) is 1. The van der Waals surface area contributed by atoms with Gasteiger partial charge < -0.3 is 14.1 Å². The van der Waals surface area contributed by atoms with Gasteiger partial charge in [0.25, 0.3) is 5.91 Å². The Hall–Kier alpha value is -1.81. The first-order chi connectivity index (χ1) is 10.3. The molecule has 1 amide bonds. The van der Waals surface area contributed by atoms with Crippen molar-refractivity contribution < 1.29 is 13.9 Å². The van der Waals surface area contributed by atoms with E-state index in [4.69, 9.17) is 9.15 Å². The van der Waals surface area contributed by atoms with Crippen molar-refractivity contribution in [1.29, 1.82) is 0 Å². The maximum absolute atomic E-state index is 12.8. The number of carbonyl (C=O) groups is 1. The summed E-state index contributed by atoms with van der Waals surface area (Å²) in [7, 11) is 0. The highest BCUT2D eigenvalue weighted by Gasteiger charge is 2.37. The standard InChI is InChI=1S/C17H19NO3/c19-17(16-11-12-5-1-3-7-14(12)21-16)18-9-10-20-15-8-4-2-6-13(15)18/h1,3,5,7,11,13,15H,2,4,6,8-10H2/t13-,15-/m1/s1. The van der Waals surface area contributed by atoms with Crippen LogP contribution in [0.15, 0.2) is 34.7 Å². The third-order valence-electron chi connectivity index (χ3n) is 4.63. The molecule has 2 heterocycles. The zero-order valence-corrected chi connectivity index (χ0v) is 12.0. The van der Waals surface area contributed by atoms with Crippen molar-refractivity contribution in [3.8, 4) is 0 Å². The molecule has 0 radical (unpaired) electrons. The molecule has 0 N–H and O–H groups in total. The largest absolute Gasteiger partial charge is 0.451 e. The van der Waals surface area contributed by atoms with Crippen molar-refractivity contribution in [2.75, 3.05) is 13.2 Å². The molecule has 2 aromatic rings. The van der Waals surface area contributed by atoms with Crippen molar-refractivity contribution in [3.05, 3.63) is 36.1 Å². The van der Waals surface area contributed by atoms with Gasteiger partial charge in [0, 0.05) is 11.9 Å². The van der Waals surface area contributed by atoms with Crippen molar-refractivity contribution in [2.45, 2.75) is 37.8 Å². The lowest BCUT2D eigenvalue weighted by Crippen LogP contribution is -2.54. The summed E-state index contributed by atoms with van der Waals surface area (Å²) >= 11 is 0. The zero-order chi connectivity index (χ0) is 14.2. The first kappa shape index (κ1) is 12.9. The van der Waals surface area contributed by atoms with Crippen LogP contribution in [0, 0.1) is 0 Å².